The maximum atomic E-state index is 12.5. The second-order valence-corrected chi connectivity index (χ2v) is 7.35. The van der Waals surface area contributed by atoms with Crippen molar-refractivity contribution >= 4 is 29.5 Å². The van der Waals surface area contributed by atoms with Crippen LogP contribution < -0.4 is 27.0 Å². The van der Waals surface area contributed by atoms with Crippen molar-refractivity contribution in [2.75, 3.05) is 18.4 Å². The Morgan fingerprint density at radius 3 is 2.19 bits per heavy atom. The van der Waals surface area contributed by atoms with Crippen molar-refractivity contribution in [3.63, 3.8) is 0 Å². The van der Waals surface area contributed by atoms with E-state index in [-0.39, 0.29) is 24.9 Å². The summed E-state index contributed by atoms with van der Waals surface area (Å²) in [6.45, 7) is 7.64. The maximum absolute atomic E-state index is 12.5. The van der Waals surface area contributed by atoms with Crippen molar-refractivity contribution < 1.29 is 23.9 Å². The van der Waals surface area contributed by atoms with Crippen LogP contribution in [-0.4, -0.2) is 49.0 Å². The summed E-state index contributed by atoms with van der Waals surface area (Å²) in [5, 5.41) is 10.5. The Kier molecular flexibility index (Phi) is 11.0. The fraction of sp³-hybridized carbons (Fsp3) is 0.524. The molecular weight excluding hydrogens is 402 g/mol. The monoisotopic (exact) mass is 435 g/mol. The number of carbonyl (C=O) groups is 4. The van der Waals surface area contributed by atoms with E-state index in [1.807, 2.05) is 13.8 Å². The molecule has 1 aromatic carbocycles. The van der Waals surface area contributed by atoms with E-state index in [0.717, 1.165) is 5.56 Å². The number of carbonyl (C=O) groups excluding carboxylic acids is 4. The van der Waals surface area contributed by atoms with Crippen molar-refractivity contribution in [1.82, 2.24) is 16.0 Å². The molecule has 0 aliphatic rings. The molecule has 1 aromatic rings. The summed E-state index contributed by atoms with van der Waals surface area (Å²) in [6, 6.07) is 5.24. The van der Waals surface area contributed by atoms with Gasteiger partial charge in [0, 0.05) is 25.2 Å². The van der Waals surface area contributed by atoms with Gasteiger partial charge in [0.25, 0.3) is 0 Å². The van der Waals surface area contributed by atoms with Gasteiger partial charge in [0.1, 0.15) is 18.7 Å². The standard InChI is InChI=1S/C21H33N5O5/c1-5-17(27)26-18(13(2)3)20(29)24-14(4)19(28)25-16-8-6-15(7-9-16)12-31-21(30)23-11-10-22/h6-9,13-14,18H,5,10-12,22H2,1-4H3,(H,23,30)(H,24,29)(H,25,28)(H,26,27)/t14-,18-/m0/s1. The van der Waals surface area contributed by atoms with Crippen LogP contribution in [0.3, 0.4) is 0 Å². The van der Waals surface area contributed by atoms with Gasteiger partial charge in [-0.2, -0.15) is 0 Å². The van der Waals surface area contributed by atoms with Crippen LogP contribution in [0.1, 0.15) is 39.7 Å². The molecule has 0 aliphatic carbocycles. The molecule has 10 nitrogen and oxygen atoms in total. The summed E-state index contributed by atoms with van der Waals surface area (Å²) in [7, 11) is 0. The van der Waals surface area contributed by atoms with Gasteiger partial charge in [-0.1, -0.05) is 32.9 Å². The summed E-state index contributed by atoms with van der Waals surface area (Å²) in [4.78, 5) is 48.0. The lowest BCUT2D eigenvalue weighted by Gasteiger charge is -2.23. The number of ether oxygens (including phenoxy) is 1. The van der Waals surface area contributed by atoms with E-state index in [2.05, 4.69) is 21.3 Å². The van der Waals surface area contributed by atoms with Gasteiger partial charge in [-0.25, -0.2) is 4.79 Å². The fourth-order valence-electron chi connectivity index (χ4n) is 2.49. The fourth-order valence-corrected chi connectivity index (χ4v) is 2.49. The second kappa shape index (κ2) is 13.2. The molecule has 0 spiro atoms. The third-order valence-corrected chi connectivity index (χ3v) is 4.34. The number of nitrogens with one attached hydrogen (secondary N) is 4. The van der Waals surface area contributed by atoms with Crippen molar-refractivity contribution in [3.8, 4) is 0 Å². The highest BCUT2D eigenvalue weighted by Gasteiger charge is 2.26. The zero-order valence-electron chi connectivity index (χ0n) is 18.5. The summed E-state index contributed by atoms with van der Waals surface area (Å²) < 4.78 is 5.04. The molecule has 0 saturated heterocycles. The van der Waals surface area contributed by atoms with Crippen LogP contribution >= 0.6 is 0 Å². The number of hydrogen-bond acceptors (Lipinski definition) is 6. The van der Waals surface area contributed by atoms with Crippen molar-refractivity contribution in [1.29, 1.82) is 0 Å². The Hall–Kier alpha value is -3.14. The molecule has 2 atom stereocenters. The third kappa shape index (κ3) is 9.47. The number of hydrogen-bond donors (Lipinski definition) is 5. The normalized spacial score (nSPS) is 12.5. The molecule has 0 saturated carbocycles. The molecule has 0 aromatic heterocycles. The third-order valence-electron chi connectivity index (χ3n) is 4.34. The first-order chi connectivity index (χ1) is 14.7. The SMILES string of the molecule is CCC(=O)N[C@H](C(=O)N[C@@H](C)C(=O)Nc1ccc(COC(=O)NCCN)cc1)C(C)C. The topological polar surface area (TPSA) is 152 Å². The van der Waals surface area contributed by atoms with E-state index in [4.69, 9.17) is 10.5 Å². The minimum Gasteiger partial charge on any atom is -0.445 e. The average Bonchev–Trinajstić information content (AvgIpc) is 2.74. The van der Waals surface area contributed by atoms with Gasteiger partial charge in [-0.05, 0) is 30.5 Å². The lowest BCUT2D eigenvalue weighted by molar-refractivity contribution is -0.131. The molecule has 6 N–H and O–H groups in total. The minimum absolute atomic E-state index is 0.0805. The average molecular weight is 436 g/mol. The van der Waals surface area contributed by atoms with E-state index in [0.29, 0.717) is 18.8 Å². The quantitative estimate of drug-likeness (QED) is 0.348. The molecule has 31 heavy (non-hydrogen) atoms. The predicted molar refractivity (Wildman–Crippen MR) is 117 cm³/mol. The van der Waals surface area contributed by atoms with Gasteiger partial charge in [-0.15, -0.1) is 0 Å². The van der Waals surface area contributed by atoms with Gasteiger partial charge in [0.2, 0.25) is 17.7 Å². The molecule has 4 amide bonds. The van der Waals surface area contributed by atoms with E-state index in [1.54, 1.807) is 38.1 Å². The Labute approximate surface area is 182 Å². The smallest absolute Gasteiger partial charge is 0.407 e. The number of nitrogens with two attached hydrogens (primary N) is 1. The molecule has 1 rings (SSSR count). The van der Waals surface area contributed by atoms with Gasteiger partial charge in [0.15, 0.2) is 0 Å². The van der Waals surface area contributed by atoms with Gasteiger partial charge in [-0.3, -0.25) is 14.4 Å². The van der Waals surface area contributed by atoms with Crippen LogP contribution in [0.25, 0.3) is 0 Å². The molecule has 0 heterocycles. The molecule has 0 fully saturated rings. The second-order valence-electron chi connectivity index (χ2n) is 7.35. The van der Waals surface area contributed by atoms with Crippen LogP contribution in [0.2, 0.25) is 0 Å². The predicted octanol–water partition coefficient (Wildman–Crippen LogP) is 0.866. The minimum atomic E-state index is -0.804. The van der Waals surface area contributed by atoms with Crippen LogP contribution in [0, 0.1) is 5.92 Å². The first-order valence-electron chi connectivity index (χ1n) is 10.3. The zero-order valence-corrected chi connectivity index (χ0v) is 18.5. The summed E-state index contributed by atoms with van der Waals surface area (Å²) in [5.74, 6) is -1.17. The first-order valence-corrected chi connectivity index (χ1v) is 10.3. The Morgan fingerprint density at radius 1 is 1.00 bits per heavy atom. The number of benzene rings is 1. The number of amides is 4. The lowest BCUT2D eigenvalue weighted by atomic mass is 10.0. The molecule has 172 valence electrons. The lowest BCUT2D eigenvalue weighted by Crippen LogP contribution is -2.53. The van der Waals surface area contributed by atoms with Gasteiger partial charge in [0.05, 0.1) is 0 Å². The highest BCUT2D eigenvalue weighted by Crippen LogP contribution is 2.11. The maximum Gasteiger partial charge on any atom is 0.407 e. The number of anilines is 1. The number of rotatable bonds is 11. The molecule has 0 unspecified atom stereocenters. The molecule has 0 radical (unpaired) electrons. The summed E-state index contributed by atoms with van der Waals surface area (Å²) in [5.41, 5.74) is 6.57. The Morgan fingerprint density at radius 2 is 1.65 bits per heavy atom. The van der Waals surface area contributed by atoms with E-state index < -0.39 is 30.0 Å². The summed E-state index contributed by atoms with van der Waals surface area (Å²) >= 11 is 0. The Balaban J connectivity index is 2.57. The van der Waals surface area contributed by atoms with E-state index in [9.17, 15) is 19.2 Å². The highest BCUT2D eigenvalue weighted by atomic mass is 16.5. The first kappa shape index (κ1) is 25.9. The van der Waals surface area contributed by atoms with Crippen LogP contribution in [-0.2, 0) is 25.7 Å². The van der Waals surface area contributed by atoms with Crippen molar-refractivity contribution in [3.05, 3.63) is 29.8 Å². The van der Waals surface area contributed by atoms with E-state index >= 15 is 0 Å². The van der Waals surface area contributed by atoms with Crippen LogP contribution in [0.15, 0.2) is 24.3 Å². The van der Waals surface area contributed by atoms with Crippen molar-refractivity contribution in [2.24, 2.45) is 11.7 Å². The van der Waals surface area contributed by atoms with Crippen LogP contribution in [0.4, 0.5) is 10.5 Å². The van der Waals surface area contributed by atoms with Crippen LogP contribution in [0.5, 0.6) is 0 Å². The molecule has 10 heteroatoms. The molecule has 0 aliphatic heterocycles. The largest absolute Gasteiger partial charge is 0.445 e. The van der Waals surface area contributed by atoms with E-state index in [1.165, 1.54) is 0 Å². The Bertz CT molecular complexity index is 751. The number of alkyl carbamates (subject to hydrolysis) is 1. The van der Waals surface area contributed by atoms with Gasteiger partial charge >= 0.3 is 6.09 Å². The summed E-state index contributed by atoms with van der Waals surface area (Å²) in [6.07, 6.45) is -0.284. The molecular formula is C21H33N5O5. The highest BCUT2D eigenvalue weighted by molar-refractivity contribution is 5.98. The molecule has 0 bridgehead atoms. The van der Waals surface area contributed by atoms with Gasteiger partial charge < -0.3 is 31.7 Å². The van der Waals surface area contributed by atoms with Crippen molar-refractivity contribution in [2.45, 2.75) is 52.8 Å². The zero-order chi connectivity index (χ0) is 23.4.